The van der Waals surface area contributed by atoms with Crippen molar-refractivity contribution in [2.75, 3.05) is 0 Å². The van der Waals surface area contributed by atoms with Crippen molar-refractivity contribution in [1.82, 2.24) is 0 Å². The van der Waals surface area contributed by atoms with Crippen LogP contribution < -0.4 is 0 Å². The first-order valence-corrected chi connectivity index (χ1v) is 8.80. The van der Waals surface area contributed by atoms with E-state index in [1.165, 1.54) is 11.1 Å². The molecule has 0 saturated carbocycles. The lowest BCUT2D eigenvalue weighted by molar-refractivity contribution is 1.26. The third kappa shape index (κ3) is 45.3. The standard InChI is InChI=1S/C10H17N.5C2H6/c1-7(2)9(5)10(6)11-8(3)4;5*1-2/h3H2,1-2,4-6H3;5*1-2H3. The van der Waals surface area contributed by atoms with Gasteiger partial charge in [-0.2, -0.15) is 0 Å². The Hall–Kier alpha value is -0.850. The van der Waals surface area contributed by atoms with Crippen LogP contribution in [0.1, 0.15) is 104 Å². The summed E-state index contributed by atoms with van der Waals surface area (Å²) in [4.78, 5) is 4.26. The van der Waals surface area contributed by atoms with Crippen molar-refractivity contribution in [1.29, 1.82) is 0 Å². The van der Waals surface area contributed by atoms with Gasteiger partial charge in [-0.3, -0.25) is 4.99 Å². The highest BCUT2D eigenvalue weighted by atomic mass is 14.7. The van der Waals surface area contributed by atoms with Gasteiger partial charge in [0.2, 0.25) is 0 Å². The first kappa shape index (κ1) is 36.9. The summed E-state index contributed by atoms with van der Waals surface area (Å²) in [6.07, 6.45) is 0. The summed E-state index contributed by atoms with van der Waals surface area (Å²) in [7, 11) is 0. The average Bonchev–Trinajstić information content (AvgIpc) is 2.55. The molecule has 132 valence electrons. The number of hydrogen-bond acceptors (Lipinski definition) is 1. The van der Waals surface area contributed by atoms with Crippen molar-refractivity contribution < 1.29 is 0 Å². The van der Waals surface area contributed by atoms with Gasteiger partial charge >= 0.3 is 0 Å². The van der Waals surface area contributed by atoms with E-state index in [2.05, 4.69) is 32.3 Å². The number of allylic oxidation sites excluding steroid dienone is 3. The van der Waals surface area contributed by atoms with Crippen LogP contribution in [-0.2, 0) is 0 Å². The highest BCUT2D eigenvalue weighted by Gasteiger charge is 1.95. The van der Waals surface area contributed by atoms with Crippen LogP contribution in [0.3, 0.4) is 0 Å². The van der Waals surface area contributed by atoms with Crippen LogP contribution in [0.25, 0.3) is 0 Å². The van der Waals surface area contributed by atoms with Gasteiger partial charge in [-0.1, -0.05) is 81.4 Å². The van der Waals surface area contributed by atoms with Crippen LogP contribution in [0.2, 0.25) is 0 Å². The topological polar surface area (TPSA) is 12.4 Å². The van der Waals surface area contributed by atoms with Crippen molar-refractivity contribution >= 4 is 5.71 Å². The fourth-order valence-corrected chi connectivity index (χ4v) is 0.732. The van der Waals surface area contributed by atoms with E-state index in [-0.39, 0.29) is 0 Å². The monoisotopic (exact) mass is 301 g/mol. The van der Waals surface area contributed by atoms with Crippen molar-refractivity contribution in [3.8, 4) is 0 Å². The lowest BCUT2D eigenvalue weighted by atomic mass is 10.1. The zero-order chi connectivity index (χ0) is 19.0. The van der Waals surface area contributed by atoms with E-state index < -0.39 is 0 Å². The Balaban J connectivity index is -0.0000000474. The van der Waals surface area contributed by atoms with E-state index >= 15 is 0 Å². The van der Waals surface area contributed by atoms with Crippen LogP contribution in [0.5, 0.6) is 0 Å². The molecule has 0 aromatic carbocycles. The second-order valence-corrected chi connectivity index (χ2v) is 3.06. The predicted octanol–water partition coefficient (Wildman–Crippen LogP) is 8.47. The van der Waals surface area contributed by atoms with Gasteiger partial charge in [0.05, 0.1) is 0 Å². The quantitative estimate of drug-likeness (QED) is 0.453. The molecule has 0 aliphatic carbocycles. The molecule has 0 radical (unpaired) electrons. The molecular weight excluding hydrogens is 254 g/mol. The van der Waals surface area contributed by atoms with Crippen LogP contribution >= 0.6 is 0 Å². The van der Waals surface area contributed by atoms with E-state index in [1.807, 2.05) is 83.1 Å². The first-order valence-electron chi connectivity index (χ1n) is 8.80. The summed E-state index contributed by atoms with van der Waals surface area (Å²) in [6.45, 7) is 33.9. The minimum Gasteiger partial charge on any atom is -0.259 e. The van der Waals surface area contributed by atoms with Crippen molar-refractivity contribution in [2.24, 2.45) is 4.99 Å². The lowest BCUT2D eigenvalue weighted by Gasteiger charge is -2.02. The second kappa shape index (κ2) is 42.7. The molecule has 0 aromatic rings. The largest absolute Gasteiger partial charge is 0.259 e. The maximum atomic E-state index is 4.26. The SMILES string of the molecule is C=C(C)N=C(C)C(C)=C(C)C.CC.CC.CC.CC.CC. The number of hydrogen-bond donors (Lipinski definition) is 0. The third-order valence-corrected chi connectivity index (χ3v) is 1.65. The van der Waals surface area contributed by atoms with Crippen molar-refractivity contribution in [2.45, 2.75) is 104 Å². The van der Waals surface area contributed by atoms with Gasteiger partial charge in [0, 0.05) is 11.4 Å². The molecule has 21 heavy (non-hydrogen) atoms. The number of rotatable bonds is 2. The van der Waals surface area contributed by atoms with Gasteiger partial charge in [-0.25, -0.2) is 0 Å². The summed E-state index contributed by atoms with van der Waals surface area (Å²) in [5.41, 5.74) is 4.50. The van der Waals surface area contributed by atoms with E-state index in [4.69, 9.17) is 0 Å². The summed E-state index contributed by atoms with van der Waals surface area (Å²) in [6, 6.07) is 0. The van der Waals surface area contributed by atoms with Gasteiger partial charge in [-0.15, -0.1) is 0 Å². The van der Waals surface area contributed by atoms with E-state index in [0.29, 0.717) is 0 Å². The van der Waals surface area contributed by atoms with E-state index in [1.54, 1.807) is 0 Å². The van der Waals surface area contributed by atoms with Crippen molar-refractivity contribution in [3.05, 3.63) is 23.4 Å². The maximum absolute atomic E-state index is 4.26. The highest BCUT2D eigenvalue weighted by molar-refractivity contribution is 5.98. The number of nitrogens with zero attached hydrogens (tertiary/aromatic N) is 1. The smallest absolute Gasteiger partial charge is 0.0404 e. The lowest BCUT2D eigenvalue weighted by Crippen LogP contribution is -1.95. The average molecular weight is 302 g/mol. The number of aliphatic imine (C=N–C) groups is 1. The van der Waals surface area contributed by atoms with Gasteiger partial charge in [0.15, 0.2) is 0 Å². The summed E-state index contributed by atoms with van der Waals surface area (Å²) < 4.78 is 0. The third-order valence-electron chi connectivity index (χ3n) is 1.65. The summed E-state index contributed by atoms with van der Waals surface area (Å²) in [5.74, 6) is 0. The predicted molar refractivity (Wildman–Crippen MR) is 109 cm³/mol. The normalized spacial score (nSPS) is 7.29. The molecule has 0 aromatic heterocycles. The van der Waals surface area contributed by atoms with Gasteiger partial charge < -0.3 is 0 Å². The zero-order valence-corrected chi connectivity index (χ0v) is 18.2. The molecule has 0 rings (SSSR count). The maximum Gasteiger partial charge on any atom is 0.0404 e. The molecule has 0 aliphatic rings. The van der Waals surface area contributed by atoms with Gasteiger partial charge in [-0.05, 0) is 40.2 Å². The molecule has 0 amide bonds. The molecule has 0 heterocycles. The Morgan fingerprint density at radius 3 is 0.952 bits per heavy atom. The van der Waals surface area contributed by atoms with E-state index in [9.17, 15) is 0 Å². The second-order valence-electron chi connectivity index (χ2n) is 3.06. The molecule has 0 atom stereocenters. The van der Waals surface area contributed by atoms with Crippen LogP contribution in [0, 0.1) is 0 Å². The van der Waals surface area contributed by atoms with Crippen molar-refractivity contribution in [3.63, 3.8) is 0 Å². The molecule has 1 nitrogen and oxygen atoms in total. The first-order chi connectivity index (χ1) is 9.95. The Bertz CT molecular complexity index is 216. The summed E-state index contributed by atoms with van der Waals surface area (Å²) in [5, 5.41) is 0. The molecule has 0 saturated heterocycles. The fraction of sp³-hybridized carbons (Fsp3) is 0.750. The molecule has 1 heteroatoms. The van der Waals surface area contributed by atoms with Gasteiger partial charge in [0.1, 0.15) is 0 Å². The molecule has 0 unspecified atom stereocenters. The van der Waals surface area contributed by atoms with Crippen LogP contribution in [-0.4, -0.2) is 5.71 Å². The summed E-state index contributed by atoms with van der Waals surface area (Å²) >= 11 is 0. The van der Waals surface area contributed by atoms with Crippen LogP contribution in [0.15, 0.2) is 28.4 Å². The minimum atomic E-state index is 0.864. The zero-order valence-electron chi connectivity index (χ0n) is 18.2. The highest BCUT2D eigenvalue weighted by Crippen LogP contribution is 2.06. The molecular formula is C20H47N. The Morgan fingerprint density at radius 1 is 0.571 bits per heavy atom. The van der Waals surface area contributed by atoms with Gasteiger partial charge in [0.25, 0.3) is 0 Å². The molecule has 0 spiro atoms. The van der Waals surface area contributed by atoms with Crippen LogP contribution in [0.4, 0.5) is 0 Å². The molecule has 0 N–H and O–H groups in total. The Labute approximate surface area is 138 Å². The molecule has 0 fully saturated rings. The Morgan fingerprint density at radius 2 is 0.810 bits per heavy atom. The minimum absolute atomic E-state index is 0.864. The Kier molecular flexibility index (Phi) is 75.1. The van der Waals surface area contributed by atoms with E-state index in [0.717, 1.165) is 11.4 Å². The molecule has 0 aliphatic heterocycles. The molecule has 0 bridgehead atoms. The fourth-order valence-electron chi connectivity index (χ4n) is 0.732.